The van der Waals surface area contributed by atoms with Crippen LogP contribution in [-0.2, 0) is 6.54 Å². The lowest BCUT2D eigenvalue weighted by Crippen LogP contribution is -2.26. The third-order valence-corrected chi connectivity index (χ3v) is 4.21. The van der Waals surface area contributed by atoms with Crippen LogP contribution in [0.25, 0.3) is 5.69 Å². The van der Waals surface area contributed by atoms with Gasteiger partial charge in [0.05, 0.1) is 22.4 Å². The summed E-state index contributed by atoms with van der Waals surface area (Å²) in [6, 6.07) is 13.6. The van der Waals surface area contributed by atoms with Crippen molar-refractivity contribution in [1.29, 1.82) is 0 Å². The maximum Gasteiger partial charge on any atom is 0.269 e. The van der Waals surface area contributed by atoms with Crippen molar-refractivity contribution in [1.82, 2.24) is 14.7 Å². The molecule has 0 aliphatic heterocycles. The fourth-order valence-electron chi connectivity index (χ4n) is 2.50. The Morgan fingerprint density at radius 3 is 2.69 bits per heavy atom. The highest BCUT2D eigenvalue weighted by molar-refractivity contribution is 6.31. The highest BCUT2D eigenvalue weighted by Gasteiger charge is 2.17. The van der Waals surface area contributed by atoms with Crippen molar-refractivity contribution in [3.8, 4) is 5.69 Å². The SMILES string of the molecule is CN(Cc1cc([N+](=O)[O-])ccc1Cl)C(=O)c1cnn(-c2ccccc2)c1. The van der Waals surface area contributed by atoms with Gasteiger partial charge >= 0.3 is 0 Å². The molecule has 0 saturated carbocycles. The Bertz CT molecular complexity index is 956. The van der Waals surface area contributed by atoms with E-state index < -0.39 is 4.92 Å². The Balaban J connectivity index is 1.78. The van der Waals surface area contributed by atoms with Crippen molar-refractivity contribution >= 4 is 23.2 Å². The molecule has 0 radical (unpaired) electrons. The Kier molecular flexibility index (Phi) is 4.99. The molecule has 0 spiro atoms. The van der Waals surface area contributed by atoms with Gasteiger partial charge in [-0.05, 0) is 23.8 Å². The van der Waals surface area contributed by atoms with E-state index in [9.17, 15) is 14.9 Å². The Labute approximate surface area is 154 Å². The molecule has 1 amide bonds. The van der Waals surface area contributed by atoms with Crippen LogP contribution in [0.15, 0.2) is 60.9 Å². The molecule has 2 aromatic carbocycles. The van der Waals surface area contributed by atoms with E-state index in [1.54, 1.807) is 17.9 Å². The fourth-order valence-corrected chi connectivity index (χ4v) is 2.68. The Morgan fingerprint density at radius 2 is 2.00 bits per heavy atom. The average Bonchev–Trinajstić information content (AvgIpc) is 3.13. The van der Waals surface area contributed by atoms with E-state index in [1.165, 1.54) is 29.3 Å². The van der Waals surface area contributed by atoms with Crippen LogP contribution >= 0.6 is 11.6 Å². The third-order valence-electron chi connectivity index (χ3n) is 3.84. The van der Waals surface area contributed by atoms with Crippen molar-refractivity contribution in [2.45, 2.75) is 6.54 Å². The summed E-state index contributed by atoms with van der Waals surface area (Å²) in [5.41, 5.74) is 1.70. The van der Waals surface area contributed by atoms with Gasteiger partial charge in [0.15, 0.2) is 0 Å². The van der Waals surface area contributed by atoms with Crippen LogP contribution in [0.1, 0.15) is 15.9 Å². The largest absolute Gasteiger partial charge is 0.337 e. The van der Waals surface area contributed by atoms with Gasteiger partial charge in [0, 0.05) is 36.9 Å². The number of hydrogen-bond donors (Lipinski definition) is 0. The Hall–Kier alpha value is -3.19. The van der Waals surface area contributed by atoms with Crippen molar-refractivity contribution in [3.63, 3.8) is 0 Å². The van der Waals surface area contributed by atoms with Crippen LogP contribution in [-0.4, -0.2) is 32.6 Å². The number of rotatable bonds is 5. The van der Waals surface area contributed by atoms with Gasteiger partial charge in [0.1, 0.15) is 0 Å². The summed E-state index contributed by atoms with van der Waals surface area (Å²) in [6.07, 6.45) is 3.13. The van der Waals surface area contributed by atoms with E-state index in [1.807, 2.05) is 30.3 Å². The quantitative estimate of drug-likeness (QED) is 0.506. The lowest BCUT2D eigenvalue weighted by Gasteiger charge is -2.17. The van der Waals surface area contributed by atoms with Crippen LogP contribution in [0.5, 0.6) is 0 Å². The number of non-ortho nitro benzene ring substituents is 1. The predicted octanol–water partition coefficient (Wildman–Crippen LogP) is 3.71. The number of aromatic nitrogens is 2. The van der Waals surface area contributed by atoms with Gasteiger partial charge < -0.3 is 4.90 Å². The minimum absolute atomic E-state index is 0.0675. The molecule has 0 saturated heterocycles. The molecule has 0 aliphatic carbocycles. The fraction of sp³-hybridized carbons (Fsp3) is 0.111. The number of nitrogens with zero attached hydrogens (tertiary/aromatic N) is 4. The molecule has 1 aromatic heterocycles. The van der Waals surface area contributed by atoms with E-state index in [0.29, 0.717) is 16.1 Å². The topological polar surface area (TPSA) is 81.3 Å². The molecule has 0 unspecified atom stereocenters. The van der Waals surface area contributed by atoms with Crippen LogP contribution in [0.4, 0.5) is 5.69 Å². The Morgan fingerprint density at radius 1 is 1.27 bits per heavy atom. The van der Waals surface area contributed by atoms with Crippen LogP contribution < -0.4 is 0 Å². The van der Waals surface area contributed by atoms with Gasteiger partial charge in [-0.1, -0.05) is 29.8 Å². The van der Waals surface area contributed by atoms with Gasteiger partial charge in [-0.15, -0.1) is 0 Å². The summed E-state index contributed by atoms with van der Waals surface area (Å²) in [7, 11) is 1.61. The molecule has 0 aliphatic rings. The standard InChI is InChI=1S/C18H15ClN4O3/c1-21(11-13-9-16(23(25)26)7-8-17(13)19)18(24)14-10-20-22(12-14)15-5-3-2-4-6-15/h2-10,12H,11H2,1H3. The second-order valence-electron chi connectivity index (χ2n) is 5.70. The zero-order valence-electron chi connectivity index (χ0n) is 13.9. The minimum Gasteiger partial charge on any atom is -0.337 e. The van der Waals surface area contributed by atoms with E-state index in [-0.39, 0.29) is 18.1 Å². The zero-order valence-corrected chi connectivity index (χ0v) is 14.6. The number of nitro benzene ring substituents is 1. The molecule has 132 valence electrons. The second-order valence-corrected chi connectivity index (χ2v) is 6.11. The van der Waals surface area contributed by atoms with Crippen LogP contribution in [0.2, 0.25) is 5.02 Å². The molecular formula is C18H15ClN4O3. The summed E-state index contributed by atoms with van der Waals surface area (Å²) in [4.78, 5) is 24.5. The van der Waals surface area contributed by atoms with E-state index in [2.05, 4.69) is 5.10 Å². The maximum absolute atomic E-state index is 12.6. The number of hydrogen-bond acceptors (Lipinski definition) is 4. The summed E-state index contributed by atoms with van der Waals surface area (Å²) >= 11 is 6.10. The van der Waals surface area contributed by atoms with E-state index in [4.69, 9.17) is 11.6 Å². The van der Waals surface area contributed by atoms with Crippen molar-refractivity contribution < 1.29 is 9.72 Å². The molecule has 1 heterocycles. The van der Waals surface area contributed by atoms with Gasteiger partial charge in [-0.2, -0.15) is 5.10 Å². The first-order valence-electron chi connectivity index (χ1n) is 7.74. The number of halogens is 1. The molecule has 0 bridgehead atoms. The molecule has 3 rings (SSSR count). The molecule has 0 N–H and O–H groups in total. The van der Waals surface area contributed by atoms with Crippen LogP contribution in [0.3, 0.4) is 0 Å². The van der Waals surface area contributed by atoms with E-state index in [0.717, 1.165) is 5.69 Å². The number of nitro groups is 1. The monoisotopic (exact) mass is 370 g/mol. The van der Waals surface area contributed by atoms with Gasteiger partial charge in [0.25, 0.3) is 11.6 Å². The third kappa shape index (κ3) is 3.73. The molecule has 26 heavy (non-hydrogen) atoms. The predicted molar refractivity (Wildman–Crippen MR) is 97.5 cm³/mol. The number of para-hydroxylation sites is 1. The number of carbonyl (C=O) groups excluding carboxylic acids is 1. The first kappa shape index (κ1) is 17.6. The van der Waals surface area contributed by atoms with Crippen molar-refractivity contribution in [2.24, 2.45) is 0 Å². The first-order chi connectivity index (χ1) is 12.5. The number of benzene rings is 2. The van der Waals surface area contributed by atoms with E-state index >= 15 is 0 Å². The minimum atomic E-state index is -0.495. The van der Waals surface area contributed by atoms with Gasteiger partial charge in [-0.3, -0.25) is 14.9 Å². The van der Waals surface area contributed by atoms with Crippen LogP contribution in [0, 0.1) is 10.1 Å². The molecule has 8 heteroatoms. The molecule has 0 fully saturated rings. The molecular weight excluding hydrogens is 356 g/mol. The second kappa shape index (κ2) is 7.37. The highest BCUT2D eigenvalue weighted by atomic mass is 35.5. The van der Waals surface area contributed by atoms with Crippen molar-refractivity contribution in [3.05, 3.63) is 87.2 Å². The summed E-state index contributed by atoms with van der Waals surface area (Å²) in [5.74, 6) is -0.255. The van der Waals surface area contributed by atoms with Gasteiger partial charge in [0.2, 0.25) is 0 Å². The summed E-state index contributed by atoms with van der Waals surface area (Å²) < 4.78 is 1.61. The lowest BCUT2D eigenvalue weighted by atomic mass is 10.2. The molecule has 0 atom stereocenters. The summed E-state index contributed by atoms with van der Waals surface area (Å²) in [5, 5.41) is 15.5. The lowest BCUT2D eigenvalue weighted by molar-refractivity contribution is -0.384. The molecule has 7 nitrogen and oxygen atoms in total. The molecule has 3 aromatic rings. The normalized spacial score (nSPS) is 10.5. The number of carbonyl (C=O) groups is 1. The average molecular weight is 371 g/mol. The van der Waals surface area contributed by atoms with Crippen molar-refractivity contribution in [2.75, 3.05) is 7.05 Å². The highest BCUT2D eigenvalue weighted by Crippen LogP contribution is 2.23. The van der Waals surface area contributed by atoms with Gasteiger partial charge in [-0.25, -0.2) is 4.68 Å². The zero-order chi connectivity index (χ0) is 18.7. The maximum atomic E-state index is 12.6. The smallest absolute Gasteiger partial charge is 0.269 e. The summed E-state index contributed by atoms with van der Waals surface area (Å²) in [6.45, 7) is 0.149. The first-order valence-corrected chi connectivity index (χ1v) is 8.12. The number of amides is 1.